The number of phenolic OH excluding ortho intramolecular Hbond substituents is 1. The van der Waals surface area contributed by atoms with Gasteiger partial charge in [-0.1, -0.05) is 109 Å². The van der Waals surface area contributed by atoms with Crippen molar-refractivity contribution in [1.29, 1.82) is 0 Å². The average Bonchev–Trinajstić information content (AvgIpc) is 1.78. The van der Waals surface area contributed by atoms with Gasteiger partial charge < -0.3 is 110 Å². The number of aliphatic imine (C=N–C) groups is 2. The minimum atomic E-state index is -1.05. The topological polar surface area (TPSA) is 535 Å². The molecule has 7 aromatic heterocycles. The molecule has 133 heavy (non-hydrogen) atoms. The number of phenols is 1. The number of carboxylic acid groups (broad SMARTS) is 1. The number of methoxy groups -OCH3 is 6. The zero-order chi connectivity index (χ0) is 96.1. The van der Waals surface area contributed by atoms with Gasteiger partial charge in [0.25, 0.3) is 5.91 Å². The molecule has 11 rings (SSSR count). The van der Waals surface area contributed by atoms with Gasteiger partial charge in [-0.2, -0.15) is 0 Å². The Bertz CT molecular complexity index is 5420. The van der Waals surface area contributed by atoms with Gasteiger partial charge in [-0.25, -0.2) is 39.3 Å². The van der Waals surface area contributed by atoms with Crippen LogP contribution in [0.25, 0.3) is 34.6 Å². The van der Waals surface area contributed by atoms with Crippen LogP contribution in [-0.2, 0) is 29.1 Å². The number of carbonyl (C=O) groups is 5. The summed E-state index contributed by atoms with van der Waals surface area (Å²) in [5.74, 6) is 4.37. The predicted molar refractivity (Wildman–Crippen MR) is 514 cm³/mol. The van der Waals surface area contributed by atoms with Crippen molar-refractivity contribution in [3.8, 4) is 80.6 Å². The number of benzene rings is 4. The number of alkyl halides is 1. The molecule has 12 N–H and O–H groups in total. The third-order valence-corrected chi connectivity index (χ3v) is 15.9. The molecule has 0 unspecified atom stereocenters. The minimum absolute atomic E-state index is 0. The number of allylic oxidation sites excluding steroid dienone is 4. The molecular weight excluding hydrogens is 1770 g/mol. The maximum Gasteiger partial charge on any atom is 1.00 e. The number of pyridine rings is 4. The van der Waals surface area contributed by atoms with E-state index < -0.39 is 17.9 Å². The zero-order valence-electron chi connectivity index (χ0n) is 76.2. The van der Waals surface area contributed by atoms with E-state index in [1.54, 1.807) is 193 Å². The second-order valence-electron chi connectivity index (χ2n) is 25.5. The maximum absolute atomic E-state index is 12.9. The van der Waals surface area contributed by atoms with Gasteiger partial charge in [-0.3, -0.25) is 14.6 Å². The molecule has 0 spiro atoms. The number of nitrogen functional groups attached to an aromatic ring is 2. The number of ether oxygens (including phenoxy) is 9. The molecule has 0 saturated heterocycles. The molecule has 7 heterocycles. The van der Waals surface area contributed by atoms with E-state index in [1.165, 1.54) is 60.9 Å². The Labute approximate surface area is 793 Å². The van der Waals surface area contributed by atoms with Crippen LogP contribution in [0.15, 0.2) is 276 Å². The van der Waals surface area contributed by atoms with E-state index in [1.807, 2.05) is 66.2 Å². The Morgan fingerprint density at radius 3 is 1.25 bits per heavy atom. The normalized spacial score (nSPS) is 9.59. The van der Waals surface area contributed by atoms with Crippen LogP contribution in [-0.4, -0.2) is 247 Å². The Balaban J connectivity index is 0.00000152. The van der Waals surface area contributed by atoms with Crippen molar-refractivity contribution >= 4 is 81.5 Å². The first-order chi connectivity index (χ1) is 62.7. The van der Waals surface area contributed by atoms with Crippen LogP contribution in [0.3, 0.4) is 0 Å². The van der Waals surface area contributed by atoms with Gasteiger partial charge in [0.05, 0.1) is 60.9 Å². The van der Waals surface area contributed by atoms with Crippen LogP contribution < -0.4 is 74.5 Å². The number of nitrogens with two attached hydrogens (primary N) is 3. The number of anilines is 3. The molecule has 39 nitrogen and oxygen atoms in total. The molecule has 11 aromatic rings. The van der Waals surface area contributed by atoms with E-state index in [4.69, 9.17) is 55.5 Å². The van der Waals surface area contributed by atoms with Crippen molar-refractivity contribution in [2.45, 2.75) is 19.6 Å². The molecule has 0 saturated carbocycles. The number of aromatic carboxylic acids is 1. The summed E-state index contributed by atoms with van der Waals surface area (Å²) in [7, 11) is 16.0. The third kappa shape index (κ3) is 42.8. The van der Waals surface area contributed by atoms with Gasteiger partial charge in [0.15, 0.2) is 23.3 Å². The van der Waals surface area contributed by atoms with Gasteiger partial charge in [-0.05, 0) is 121 Å². The second kappa shape index (κ2) is 67.5. The second-order valence-corrected chi connectivity index (χ2v) is 26.1. The number of halogens is 1. The minimum Gasteiger partial charge on any atom is -0.870 e. The van der Waals surface area contributed by atoms with Crippen LogP contribution in [0.5, 0.6) is 46.0 Å². The van der Waals surface area contributed by atoms with Crippen molar-refractivity contribution < 1.29 is 107 Å². The van der Waals surface area contributed by atoms with E-state index in [9.17, 15) is 29.1 Å². The summed E-state index contributed by atoms with van der Waals surface area (Å²) < 4.78 is 50.8. The summed E-state index contributed by atoms with van der Waals surface area (Å²) in [6.07, 6.45) is 21.6. The first-order valence-electron chi connectivity index (χ1n) is 38.8. The first-order valence-corrected chi connectivity index (χ1v) is 39.9. The number of nitrogens with zero attached hydrogens (tertiary/aromatic N) is 17. The van der Waals surface area contributed by atoms with Crippen molar-refractivity contribution in [1.82, 2.24) is 74.0 Å². The molecule has 4 aromatic carbocycles. The van der Waals surface area contributed by atoms with Crippen LogP contribution in [0.4, 0.5) is 23.3 Å². The first kappa shape index (κ1) is 117. The Morgan fingerprint density at radius 2 is 0.865 bits per heavy atom. The van der Waals surface area contributed by atoms with Crippen LogP contribution in [0.2, 0.25) is 0 Å². The summed E-state index contributed by atoms with van der Waals surface area (Å²) in [6.45, 7) is 31.9. The van der Waals surface area contributed by atoms with E-state index in [-0.39, 0.29) is 78.1 Å². The van der Waals surface area contributed by atoms with Gasteiger partial charge in [0.2, 0.25) is 5.78 Å². The van der Waals surface area contributed by atoms with Crippen LogP contribution in [0.1, 0.15) is 51.9 Å². The Kier molecular flexibility index (Phi) is 59.5. The number of rotatable bonds is 35. The van der Waals surface area contributed by atoms with Crippen LogP contribution in [0, 0.1) is 0 Å². The fourth-order valence-corrected chi connectivity index (χ4v) is 9.60. The number of nitrogens with one attached hydrogen (secondary N) is 1. The van der Waals surface area contributed by atoms with E-state index >= 15 is 0 Å². The summed E-state index contributed by atoms with van der Waals surface area (Å²) in [6, 6.07) is 40.2. The summed E-state index contributed by atoms with van der Waals surface area (Å²) in [5.41, 5.74) is 19.3. The number of amides is 1. The molecule has 1 amide bonds. The summed E-state index contributed by atoms with van der Waals surface area (Å²) >= 11 is 3.13. The molecule has 0 atom stereocenters. The molecule has 0 aliphatic carbocycles. The molecule has 702 valence electrons. The SMILES string of the molecule is C=CCBr.C=CCN.C=CCOc1ccc(OC)cc1C(=O)Nc1cccc(-c2nncn2CC=C)n1.C=CCOc1ccc(OC)cc1C(=O)O.C=CCOc1ccc(OC)cc1C(=O)OC.C=CCn1cnnc1-c1cccc(N)n1.C=CCn1cnnc1-c1cccc(N)n1.CN(C)C=NCC(=O)c1cccc(N=CN(C)C)n1.COC(=O)c1cc(OC)ccc1O.O.[Li+].[OH-]. The van der Waals surface area contributed by atoms with E-state index in [2.05, 4.69) is 144 Å². The number of Topliss-reactive ketones (excluding diaryl/α,β-unsaturated/α-hetero) is 1. The number of hydrogen-bond donors (Lipinski definition) is 6. The van der Waals surface area contributed by atoms with Crippen molar-refractivity contribution in [2.75, 3.05) is 126 Å². The van der Waals surface area contributed by atoms with E-state index in [0.717, 1.165) is 5.33 Å². The number of hydrogen-bond acceptors (Lipinski definition) is 31. The van der Waals surface area contributed by atoms with Gasteiger partial charge >= 0.3 is 36.8 Å². The number of ketones is 1. The smallest absolute Gasteiger partial charge is 0.870 e. The quantitative estimate of drug-likeness (QED) is 0.00409. The fourth-order valence-electron chi connectivity index (χ4n) is 9.60. The number of aromatic nitrogens is 13. The molecule has 0 aliphatic heterocycles. The molecule has 0 radical (unpaired) electrons. The molecule has 0 fully saturated rings. The van der Waals surface area contributed by atoms with Crippen molar-refractivity contribution in [3.05, 3.63) is 294 Å². The third-order valence-electron chi connectivity index (χ3n) is 15.4. The monoisotopic (exact) mass is 1890 g/mol. The average molecular weight is 1890 g/mol. The van der Waals surface area contributed by atoms with Crippen LogP contribution >= 0.6 is 15.9 Å². The fraction of sp³-hybridized carbons (Fsp3) is 0.207. The molecular formula is C92H113BrLiN21O18. The number of esters is 2. The standard InChI is InChI=1S/C21H21N5O3.C13H19N5O.C12H14O4.C11H12O4.2C10H11N5.C9H10O4.C3H5Br.C3H7N.Li.2H2O/c1-4-11-26-14-22-25-20(26)17-7-6-8-19(23-17)24-21(27)16-13-15(28-3)9-10-18(16)29-12-5-2;1-17(2)9-14-8-12(19)11-6-5-7-13(16-11)15-10-18(3)4;1-4-7-16-11-6-5-9(14-2)8-10(11)12(13)15-3;1-3-6-15-10-5-4-8(14-2)7-9(10)11(12)13;2*1-2-6-15-7-12-14-10(15)8-4-3-5-9(11)13-8;1-12-6-3-4-8(10)7(5-6)9(11)13-2;2*1-2-3-4;;;/h4-10,13-14H,1-2,11-12H2,3H3,(H,23,24,27);5-7,9-10H,8H2,1-4H3;4-6,8H,1,7H2,2-3H3;3-5,7H,1,6H2,2H3,(H,12,13);2*2-5,7H,1,6H2,(H2,11,13);3-5,10H,1-2H3;2H,1,3H2;2H,1,3-4H2;;2*1H2/q;;;;;;;;;+1;;/p-1. The molecule has 41 heteroatoms. The summed E-state index contributed by atoms with van der Waals surface area (Å²) in [4.78, 5) is 86.9. The Hall–Kier alpha value is -15.7. The Morgan fingerprint density at radius 1 is 0.489 bits per heavy atom. The van der Waals surface area contributed by atoms with Gasteiger partial charge in [-0.15, -0.1) is 63.5 Å². The largest absolute Gasteiger partial charge is 1.00 e. The van der Waals surface area contributed by atoms with Gasteiger partial charge in [0, 0.05) is 59.7 Å². The summed E-state index contributed by atoms with van der Waals surface area (Å²) in [5, 5.41) is 45.5. The number of carboxylic acids is 1. The predicted octanol–water partition coefficient (Wildman–Crippen LogP) is 9.54. The number of carbonyl (C=O) groups excluding carboxylic acids is 4. The number of aromatic hydroxyl groups is 1. The zero-order valence-corrected chi connectivity index (χ0v) is 77.7. The molecule has 0 aliphatic rings. The molecule has 0 bridgehead atoms. The van der Waals surface area contributed by atoms with Gasteiger partial charge in [0.1, 0.15) is 148 Å². The maximum atomic E-state index is 12.9. The van der Waals surface area contributed by atoms with Crippen molar-refractivity contribution in [2.24, 2.45) is 15.7 Å². The van der Waals surface area contributed by atoms with Crippen molar-refractivity contribution in [3.63, 3.8) is 0 Å². The van der Waals surface area contributed by atoms with E-state index in [0.29, 0.717) is 148 Å².